The summed E-state index contributed by atoms with van der Waals surface area (Å²) in [6.45, 7) is 1.36. The average molecular weight is 265 g/mol. The van der Waals surface area contributed by atoms with Crippen molar-refractivity contribution in [1.82, 2.24) is 0 Å². The SMILES string of the molecule is COc1ccc(SC(C(C)N)C(F)(F)F)cc1. The van der Waals surface area contributed by atoms with Crippen molar-refractivity contribution in [3.63, 3.8) is 0 Å². The molecule has 96 valence electrons. The Morgan fingerprint density at radius 2 is 1.76 bits per heavy atom. The summed E-state index contributed by atoms with van der Waals surface area (Å²) in [6, 6.07) is 5.46. The third-order valence-corrected chi connectivity index (χ3v) is 3.62. The van der Waals surface area contributed by atoms with E-state index in [0.29, 0.717) is 10.6 Å². The number of benzene rings is 1. The van der Waals surface area contributed by atoms with Crippen LogP contribution in [0.3, 0.4) is 0 Å². The van der Waals surface area contributed by atoms with Crippen LogP contribution in [-0.4, -0.2) is 24.6 Å². The first-order valence-corrected chi connectivity index (χ1v) is 5.85. The smallest absolute Gasteiger partial charge is 0.402 e. The van der Waals surface area contributed by atoms with E-state index in [2.05, 4.69) is 0 Å². The number of hydrogen-bond acceptors (Lipinski definition) is 3. The molecular weight excluding hydrogens is 251 g/mol. The molecule has 0 saturated carbocycles. The second kappa shape index (κ2) is 5.64. The van der Waals surface area contributed by atoms with Crippen LogP contribution < -0.4 is 10.5 Å². The number of alkyl halides is 3. The van der Waals surface area contributed by atoms with Gasteiger partial charge in [-0.2, -0.15) is 13.2 Å². The zero-order chi connectivity index (χ0) is 13.1. The van der Waals surface area contributed by atoms with E-state index in [1.165, 1.54) is 14.0 Å². The van der Waals surface area contributed by atoms with Crippen molar-refractivity contribution in [2.45, 2.75) is 29.3 Å². The molecule has 1 rings (SSSR count). The van der Waals surface area contributed by atoms with Crippen molar-refractivity contribution in [3.8, 4) is 5.75 Å². The summed E-state index contributed by atoms with van der Waals surface area (Å²) in [5.74, 6) is 0.610. The first-order valence-electron chi connectivity index (χ1n) is 4.97. The van der Waals surface area contributed by atoms with Gasteiger partial charge in [0.2, 0.25) is 0 Å². The Bertz CT molecular complexity index is 351. The second-order valence-electron chi connectivity index (χ2n) is 3.61. The summed E-state index contributed by atoms with van der Waals surface area (Å²) in [5.41, 5.74) is 5.36. The largest absolute Gasteiger partial charge is 0.497 e. The van der Waals surface area contributed by atoms with Gasteiger partial charge in [-0.05, 0) is 31.2 Å². The number of rotatable bonds is 4. The molecule has 0 fully saturated rings. The Morgan fingerprint density at radius 3 is 2.12 bits per heavy atom. The number of thioether (sulfide) groups is 1. The minimum Gasteiger partial charge on any atom is -0.497 e. The maximum Gasteiger partial charge on any atom is 0.402 e. The molecule has 17 heavy (non-hydrogen) atoms. The third kappa shape index (κ3) is 4.12. The zero-order valence-electron chi connectivity index (χ0n) is 9.49. The fourth-order valence-electron chi connectivity index (χ4n) is 1.27. The molecule has 0 spiro atoms. The Morgan fingerprint density at radius 1 is 1.24 bits per heavy atom. The first-order chi connectivity index (χ1) is 7.84. The predicted molar refractivity (Wildman–Crippen MR) is 62.3 cm³/mol. The van der Waals surface area contributed by atoms with Crippen LogP contribution in [0.1, 0.15) is 6.92 Å². The fourth-order valence-corrected chi connectivity index (χ4v) is 2.21. The van der Waals surface area contributed by atoms with Crippen LogP contribution in [0.25, 0.3) is 0 Å². The van der Waals surface area contributed by atoms with E-state index in [-0.39, 0.29) is 0 Å². The van der Waals surface area contributed by atoms with E-state index in [1.54, 1.807) is 24.3 Å². The number of nitrogens with two attached hydrogens (primary N) is 1. The van der Waals surface area contributed by atoms with Gasteiger partial charge in [-0.3, -0.25) is 0 Å². The van der Waals surface area contributed by atoms with E-state index >= 15 is 0 Å². The molecule has 2 atom stereocenters. The lowest BCUT2D eigenvalue weighted by atomic mass is 10.2. The van der Waals surface area contributed by atoms with Gasteiger partial charge < -0.3 is 10.5 Å². The minimum atomic E-state index is -4.31. The van der Waals surface area contributed by atoms with Crippen LogP contribution in [0.5, 0.6) is 5.75 Å². The molecule has 2 nitrogen and oxygen atoms in total. The Labute approximate surface area is 102 Å². The van der Waals surface area contributed by atoms with Crippen molar-refractivity contribution in [2.75, 3.05) is 7.11 Å². The molecule has 0 bridgehead atoms. The molecule has 0 heterocycles. The summed E-state index contributed by atoms with van der Waals surface area (Å²) < 4.78 is 43.0. The van der Waals surface area contributed by atoms with Gasteiger partial charge >= 0.3 is 6.18 Å². The highest BCUT2D eigenvalue weighted by Crippen LogP contribution is 2.37. The number of ether oxygens (including phenoxy) is 1. The van der Waals surface area contributed by atoms with Gasteiger partial charge in [0.25, 0.3) is 0 Å². The maximum atomic E-state index is 12.7. The van der Waals surface area contributed by atoms with Crippen LogP contribution in [-0.2, 0) is 0 Å². The van der Waals surface area contributed by atoms with Crippen LogP contribution in [0, 0.1) is 0 Å². The lowest BCUT2D eigenvalue weighted by Crippen LogP contribution is -2.40. The zero-order valence-corrected chi connectivity index (χ0v) is 10.3. The number of halogens is 3. The Hall–Kier alpha value is -0.880. The molecule has 0 aliphatic rings. The summed E-state index contributed by atoms with van der Waals surface area (Å²) in [6.07, 6.45) is -4.31. The molecule has 0 saturated heterocycles. The molecule has 2 unspecified atom stereocenters. The molecule has 1 aromatic carbocycles. The van der Waals surface area contributed by atoms with E-state index in [0.717, 1.165) is 11.8 Å². The topological polar surface area (TPSA) is 35.2 Å². The second-order valence-corrected chi connectivity index (χ2v) is 4.83. The van der Waals surface area contributed by atoms with Gasteiger partial charge in [0.05, 0.1) is 7.11 Å². The molecule has 0 aliphatic carbocycles. The number of methoxy groups -OCH3 is 1. The van der Waals surface area contributed by atoms with Gasteiger partial charge in [0, 0.05) is 10.9 Å². The van der Waals surface area contributed by atoms with Crippen LogP contribution in [0.15, 0.2) is 29.2 Å². The van der Waals surface area contributed by atoms with Crippen molar-refractivity contribution in [3.05, 3.63) is 24.3 Å². The van der Waals surface area contributed by atoms with Crippen LogP contribution in [0.2, 0.25) is 0 Å². The third-order valence-electron chi connectivity index (χ3n) is 2.12. The fraction of sp³-hybridized carbons (Fsp3) is 0.455. The predicted octanol–water partition coefficient (Wildman–Crippen LogP) is 3.07. The van der Waals surface area contributed by atoms with Gasteiger partial charge in [0.1, 0.15) is 11.0 Å². The lowest BCUT2D eigenvalue weighted by molar-refractivity contribution is -0.131. The van der Waals surface area contributed by atoms with E-state index in [4.69, 9.17) is 10.5 Å². The highest BCUT2D eigenvalue weighted by Gasteiger charge is 2.42. The molecule has 6 heteroatoms. The quantitative estimate of drug-likeness (QED) is 0.850. The number of hydrogen-bond donors (Lipinski definition) is 1. The molecule has 2 N–H and O–H groups in total. The first kappa shape index (κ1) is 14.2. The molecular formula is C11H14F3NOS. The molecule has 0 aromatic heterocycles. The highest BCUT2D eigenvalue weighted by molar-refractivity contribution is 8.00. The van der Waals surface area contributed by atoms with Crippen molar-refractivity contribution in [2.24, 2.45) is 5.73 Å². The van der Waals surface area contributed by atoms with Gasteiger partial charge in [0.15, 0.2) is 0 Å². The molecule has 1 aromatic rings. The van der Waals surface area contributed by atoms with Crippen LogP contribution in [0.4, 0.5) is 13.2 Å². The van der Waals surface area contributed by atoms with Crippen molar-refractivity contribution < 1.29 is 17.9 Å². The van der Waals surface area contributed by atoms with Gasteiger partial charge in [-0.1, -0.05) is 0 Å². The highest BCUT2D eigenvalue weighted by atomic mass is 32.2. The average Bonchev–Trinajstić information content (AvgIpc) is 2.24. The van der Waals surface area contributed by atoms with Gasteiger partial charge in [-0.25, -0.2) is 0 Å². The van der Waals surface area contributed by atoms with Crippen molar-refractivity contribution >= 4 is 11.8 Å². The molecule has 0 amide bonds. The summed E-state index contributed by atoms with van der Waals surface area (Å²) in [4.78, 5) is 0.519. The molecule has 0 radical (unpaired) electrons. The molecule has 0 aliphatic heterocycles. The van der Waals surface area contributed by atoms with Crippen LogP contribution >= 0.6 is 11.8 Å². The van der Waals surface area contributed by atoms with E-state index in [9.17, 15) is 13.2 Å². The van der Waals surface area contributed by atoms with E-state index < -0.39 is 17.5 Å². The standard InChI is InChI=1S/C11H14F3NOS/c1-7(15)10(11(12,13)14)17-9-5-3-8(16-2)4-6-9/h3-7,10H,15H2,1-2H3. The summed E-state index contributed by atoms with van der Waals surface area (Å²) >= 11 is 0.717. The normalized spacial score (nSPS) is 15.4. The maximum absolute atomic E-state index is 12.7. The van der Waals surface area contributed by atoms with Gasteiger partial charge in [-0.15, -0.1) is 11.8 Å². The summed E-state index contributed by atoms with van der Waals surface area (Å²) in [7, 11) is 1.50. The summed E-state index contributed by atoms with van der Waals surface area (Å²) in [5, 5.41) is -1.60. The van der Waals surface area contributed by atoms with E-state index in [1.807, 2.05) is 0 Å². The monoisotopic (exact) mass is 265 g/mol. The lowest BCUT2D eigenvalue weighted by Gasteiger charge is -2.23. The Balaban J connectivity index is 2.79. The minimum absolute atomic E-state index is 0.519. The Kier molecular flexibility index (Phi) is 4.70. The van der Waals surface area contributed by atoms with Crippen molar-refractivity contribution in [1.29, 1.82) is 0 Å².